The third-order valence-electron chi connectivity index (χ3n) is 1.58. The van der Waals surface area contributed by atoms with E-state index in [4.69, 9.17) is 0 Å². The molecular formula is C9H13BrN2S. The minimum absolute atomic E-state index is 0.930. The Morgan fingerprint density at radius 2 is 2.38 bits per heavy atom. The summed E-state index contributed by atoms with van der Waals surface area (Å²) < 4.78 is 1.04. The van der Waals surface area contributed by atoms with Gasteiger partial charge in [-0.2, -0.15) is 11.8 Å². The van der Waals surface area contributed by atoms with E-state index in [9.17, 15) is 0 Å². The average molecular weight is 261 g/mol. The fraction of sp³-hybridized carbons (Fsp3) is 0.444. The maximum Gasteiger partial charge on any atom is 0.140 e. The van der Waals surface area contributed by atoms with Gasteiger partial charge in [-0.3, -0.25) is 0 Å². The molecule has 0 fully saturated rings. The molecule has 2 nitrogen and oxygen atoms in total. The summed E-state index contributed by atoms with van der Waals surface area (Å²) in [5.74, 6) is 2.03. The van der Waals surface area contributed by atoms with Crippen LogP contribution in [-0.4, -0.2) is 23.5 Å². The van der Waals surface area contributed by atoms with Crippen LogP contribution >= 0.6 is 27.7 Å². The van der Waals surface area contributed by atoms with Gasteiger partial charge in [0.25, 0.3) is 0 Å². The highest BCUT2D eigenvalue weighted by Crippen LogP contribution is 2.20. The molecule has 0 saturated heterocycles. The Kier molecular flexibility index (Phi) is 4.59. The first kappa shape index (κ1) is 10.9. The van der Waals surface area contributed by atoms with E-state index in [0.717, 1.165) is 22.6 Å². The zero-order valence-corrected chi connectivity index (χ0v) is 10.2. The molecule has 0 radical (unpaired) electrons. The number of anilines is 1. The topological polar surface area (TPSA) is 24.9 Å². The van der Waals surface area contributed by atoms with Crippen molar-refractivity contribution in [3.63, 3.8) is 0 Å². The van der Waals surface area contributed by atoms with Crippen LogP contribution in [0.5, 0.6) is 0 Å². The Morgan fingerprint density at radius 1 is 1.62 bits per heavy atom. The number of hydrogen-bond donors (Lipinski definition) is 1. The number of rotatable bonds is 4. The quantitative estimate of drug-likeness (QED) is 0.843. The molecule has 0 bridgehead atoms. The third kappa shape index (κ3) is 3.56. The number of nitrogens with zero attached hydrogens (tertiary/aromatic N) is 1. The first-order chi connectivity index (χ1) is 6.24. The van der Waals surface area contributed by atoms with Crippen molar-refractivity contribution in [2.24, 2.45) is 0 Å². The Balaban J connectivity index is 2.56. The molecule has 1 aromatic heterocycles. The number of pyridine rings is 1. The molecule has 13 heavy (non-hydrogen) atoms. The Hall–Kier alpha value is -0.220. The summed E-state index contributed by atoms with van der Waals surface area (Å²) in [4.78, 5) is 4.28. The van der Waals surface area contributed by atoms with Crippen molar-refractivity contribution in [1.29, 1.82) is 0 Å². The van der Waals surface area contributed by atoms with Crippen LogP contribution in [0.2, 0.25) is 0 Å². The lowest BCUT2D eigenvalue weighted by Crippen LogP contribution is -2.05. The van der Waals surface area contributed by atoms with E-state index < -0.39 is 0 Å². The molecule has 1 heterocycles. The van der Waals surface area contributed by atoms with Crippen molar-refractivity contribution < 1.29 is 0 Å². The summed E-state index contributed by atoms with van der Waals surface area (Å²) in [5, 5.41) is 3.26. The second kappa shape index (κ2) is 5.50. The lowest BCUT2D eigenvalue weighted by atomic mass is 10.3. The van der Waals surface area contributed by atoms with Gasteiger partial charge in [0.15, 0.2) is 0 Å². The predicted octanol–water partition coefficient (Wildman–Crippen LogP) is 2.93. The molecule has 1 rings (SSSR count). The Labute approximate surface area is 91.7 Å². The van der Waals surface area contributed by atoms with Crippen LogP contribution in [0.3, 0.4) is 0 Å². The summed E-state index contributed by atoms with van der Waals surface area (Å²) in [6, 6.07) is 2.06. The third-order valence-corrected chi connectivity index (χ3v) is 2.79. The van der Waals surface area contributed by atoms with Gasteiger partial charge in [-0.25, -0.2) is 4.98 Å². The lowest BCUT2D eigenvalue weighted by molar-refractivity contribution is 1.15. The number of thioether (sulfide) groups is 1. The van der Waals surface area contributed by atoms with Crippen LogP contribution in [0.1, 0.15) is 5.56 Å². The van der Waals surface area contributed by atoms with Crippen molar-refractivity contribution >= 4 is 33.5 Å². The summed E-state index contributed by atoms with van der Waals surface area (Å²) in [5.41, 5.74) is 1.17. The molecule has 0 unspecified atom stereocenters. The van der Waals surface area contributed by atoms with Crippen molar-refractivity contribution in [1.82, 2.24) is 4.98 Å². The van der Waals surface area contributed by atoms with E-state index in [2.05, 4.69) is 38.6 Å². The fourth-order valence-electron chi connectivity index (χ4n) is 0.935. The summed E-state index contributed by atoms with van der Waals surface area (Å²) in [6.07, 6.45) is 3.96. The largest absolute Gasteiger partial charge is 0.368 e. The van der Waals surface area contributed by atoms with E-state index in [1.165, 1.54) is 5.56 Å². The number of nitrogens with one attached hydrogen (secondary N) is 1. The Morgan fingerprint density at radius 3 is 3.00 bits per heavy atom. The van der Waals surface area contributed by atoms with Crippen LogP contribution in [-0.2, 0) is 0 Å². The van der Waals surface area contributed by atoms with E-state index in [0.29, 0.717) is 0 Å². The van der Waals surface area contributed by atoms with Crippen molar-refractivity contribution in [3.8, 4) is 0 Å². The van der Waals surface area contributed by atoms with Crippen molar-refractivity contribution in [3.05, 3.63) is 22.3 Å². The molecular weight excluding hydrogens is 248 g/mol. The van der Waals surface area contributed by atoms with Gasteiger partial charge in [-0.1, -0.05) is 0 Å². The number of hydrogen-bond acceptors (Lipinski definition) is 3. The minimum atomic E-state index is 0.930. The highest BCUT2D eigenvalue weighted by molar-refractivity contribution is 9.10. The average Bonchev–Trinajstić information content (AvgIpc) is 2.09. The predicted molar refractivity (Wildman–Crippen MR) is 63.5 cm³/mol. The van der Waals surface area contributed by atoms with Gasteiger partial charge in [-0.15, -0.1) is 0 Å². The number of aromatic nitrogens is 1. The molecule has 0 aliphatic carbocycles. The molecule has 0 spiro atoms. The minimum Gasteiger partial charge on any atom is -0.368 e. The molecule has 0 atom stereocenters. The van der Waals surface area contributed by atoms with Crippen LogP contribution in [0, 0.1) is 6.92 Å². The first-order valence-corrected chi connectivity index (χ1v) is 6.27. The number of aryl methyl sites for hydroxylation is 1. The maximum absolute atomic E-state index is 4.28. The van der Waals surface area contributed by atoms with Crippen LogP contribution in [0.15, 0.2) is 16.7 Å². The van der Waals surface area contributed by atoms with E-state index in [-0.39, 0.29) is 0 Å². The number of halogens is 1. The van der Waals surface area contributed by atoms with E-state index >= 15 is 0 Å². The SMILES string of the molecule is CSCCNc1ncc(C)cc1Br. The molecule has 72 valence electrons. The maximum atomic E-state index is 4.28. The molecule has 0 aliphatic heterocycles. The van der Waals surface area contributed by atoms with Crippen LogP contribution in [0.4, 0.5) is 5.82 Å². The molecule has 1 N–H and O–H groups in total. The van der Waals surface area contributed by atoms with Crippen LogP contribution < -0.4 is 5.32 Å². The summed E-state index contributed by atoms with van der Waals surface area (Å²) >= 11 is 5.29. The standard InChI is InChI=1S/C9H13BrN2S/c1-7-5-8(10)9(12-6-7)11-3-4-13-2/h5-6H,3-4H2,1-2H3,(H,11,12). The molecule has 0 amide bonds. The summed E-state index contributed by atoms with van der Waals surface area (Å²) in [7, 11) is 0. The molecule has 1 aromatic rings. The van der Waals surface area contributed by atoms with E-state index in [1.54, 1.807) is 0 Å². The smallest absolute Gasteiger partial charge is 0.140 e. The van der Waals surface area contributed by atoms with Gasteiger partial charge >= 0.3 is 0 Å². The van der Waals surface area contributed by atoms with Gasteiger partial charge in [0.05, 0.1) is 4.47 Å². The second-order valence-electron chi connectivity index (χ2n) is 2.76. The molecule has 0 aromatic carbocycles. The highest BCUT2D eigenvalue weighted by Gasteiger charge is 1.99. The van der Waals surface area contributed by atoms with Crippen molar-refractivity contribution in [2.45, 2.75) is 6.92 Å². The van der Waals surface area contributed by atoms with Gasteiger partial charge in [0.2, 0.25) is 0 Å². The van der Waals surface area contributed by atoms with Crippen molar-refractivity contribution in [2.75, 3.05) is 23.9 Å². The second-order valence-corrected chi connectivity index (χ2v) is 4.60. The lowest BCUT2D eigenvalue weighted by Gasteiger charge is -2.06. The van der Waals surface area contributed by atoms with Gasteiger partial charge in [0.1, 0.15) is 5.82 Å². The molecule has 0 saturated carbocycles. The summed E-state index contributed by atoms with van der Waals surface area (Å²) in [6.45, 7) is 2.99. The zero-order chi connectivity index (χ0) is 9.68. The fourth-order valence-corrected chi connectivity index (χ4v) is 1.84. The zero-order valence-electron chi connectivity index (χ0n) is 7.80. The normalized spacial score (nSPS) is 10.1. The highest BCUT2D eigenvalue weighted by atomic mass is 79.9. The molecule has 0 aliphatic rings. The van der Waals surface area contributed by atoms with E-state index in [1.807, 2.05) is 24.9 Å². The van der Waals surface area contributed by atoms with Gasteiger partial charge < -0.3 is 5.32 Å². The van der Waals surface area contributed by atoms with Gasteiger partial charge in [-0.05, 0) is 40.7 Å². The first-order valence-electron chi connectivity index (χ1n) is 4.09. The van der Waals surface area contributed by atoms with Crippen LogP contribution in [0.25, 0.3) is 0 Å². The Bertz CT molecular complexity index is 278. The van der Waals surface area contributed by atoms with Gasteiger partial charge in [0, 0.05) is 18.5 Å². The monoisotopic (exact) mass is 260 g/mol. The molecule has 4 heteroatoms.